The molecule has 1 aromatic rings. The van der Waals surface area contributed by atoms with E-state index in [2.05, 4.69) is 10.2 Å². The third-order valence-electron chi connectivity index (χ3n) is 3.54. The molecule has 0 bridgehead atoms. The predicted molar refractivity (Wildman–Crippen MR) is 83.5 cm³/mol. The van der Waals surface area contributed by atoms with Crippen LogP contribution in [0.1, 0.15) is 13.3 Å². The molecular formula is C15H20ClN3O2. The molecule has 0 saturated carbocycles. The number of rotatable bonds is 4. The second-order valence-electron chi connectivity index (χ2n) is 5.05. The zero-order valence-electron chi connectivity index (χ0n) is 12.1. The number of halogens is 1. The Morgan fingerprint density at radius 3 is 2.48 bits per heavy atom. The highest BCUT2D eigenvalue weighted by atomic mass is 35.5. The van der Waals surface area contributed by atoms with Crippen molar-refractivity contribution in [3.05, 3.63) is 29.3 Å². The molecule has 0 aliphatic carbocycles. The summed E-state index contributed by atoms with van der Waals surface area (Å²) in [4.78, 5) is 26.8. The van der Waals surface area contributed by atoms with Gasteiger partial charge in [-0.15, -0.1) is 0 Å². The first-order chi connectivity index (χ1) is 10.1. The number of hydrogen-bond acceptors (Lipinski definition) is 3. The lowest BCUT2D eigenvalue weighted by molar-refractivity contribution is -0.131. The van der Waals surface area contributed by atoms with Crippen LogP contribution in [0.3, 0.4) is 0 Å². The standard InChI is InChI=1S/C15H20ClN3O2/c1-12(20)17-7-6-15(21)19-10-8-18(9-11-19)14-5-3-2-4-13(14)16/h2-5H,6-11H2,1H3,(H,17,20). The Morgan fingerprint density at radius 2 is 1.86 bits per heavy atom. The molecule has 114 valence electrons. The van der Waals surface area contributed by atoms with Crippen molar-refractivity contribution in [2.24, 2.45) is 0 Å². The third kappa shape index (κ3) is 4.36. The molecule has 5 nitrogen and oxygen atoms in total. The number of carbonyl (C=O) groups is 2. The number of benzene rings is 1. The van der Waals surface area contributed by atoms with Gasteiger partial charge in [0.1, 0.15) is 0 Å². The molecule has 1 aromatic carbocycles. The lowest BCUT2D eigenvalue weighted by Gasteiger charge is -2.36. The fourth-order valence-electron chi connectivity index (χ4n) is 2.41. The quantitative estimate of drug-likeness (QED) is 0.917. The molecular weight excluding hydrogens is 290 g/mol. The van der Waals surface area contributed by atoms with Crippen molar-refractivity contribution >= 4 is 29.1 Å². The smallest absolute Gasteiger partial charge is 0.224 e. The lowest BCUT2D eigenvalue weighted by Crippen LogP contribution is -2.49. The van der Waals surface area contributed by atoms with Gasteiger partial charge in [-0.2, -0.15) is 0 Å². The van der Waals surface area contributed by atoms with Crippen LogP contribution in [0.25, 0.3) is 0 Å². The molecule has 1 N–H and O–H groups in total. The van der Waals surface area contributed by atoms with Crippen molar-refractivity contribution in [3.63, 3.8) is 0 Å². The van der Waals surface area contributed by atoms with Crippen molar-refractivity contribution in [1.29, 1.82) is 0 Å². The number of carbonyl (C=O) groups excluding carboxylic acids is 2. The average molecular weight is 310 g/mol. The molecule has 1 aliphatic rings. The van der Waals surface area contributed by atoms with E-state index in [-0.39, 0.29) is 11.8 Å². The molecule has 0 spiro atoms. The maximum atomic E-state index is 12.0. The third-order valence-corrected chi connectivity index (χ3v) is 3.86. The highest BCUT2D eigenvalue weighted by Crippen LogP contribution is 2.26. The lowest BCUT2D eigenvalue weighted by atomic mass is 10.2. The zero-order chi connectivity index (χ0) is 15.2. The van der Waals surface area contributed by atoms with Crippen LogP contribution in [0.15, 0.2) is 24.3 Å². The largest absolute Gasteiger partial charge is 0.367 e. The minimum absolute atomic E-state index is 0.0857. The molecule has 6 heteroatoms. The van der Waals surface area contributed by atoms with Gasteiger partial charge in [-0.05, 0) is 12.1 Å². The molecule has 2 rings (SSSR count). The van der Waals surface area contributed by atoms with Crippen LogP contribution in [-0.4, -0.2) is 49.4 Å². The summed E-state index contributed by atoms with van der Waals surface area (Å²) in [6.07, 6.45) is 0.353. The average Bonchev–Trinajstić information content (AvgIpc) is 2.47. The van der Waals surface area contributed by atoms with Crippen LogP contribution < -0.4 is 10.2 Å². The van der Waals surface area contributed by atoms with Gasteiger partial charge in [0.05, 0.1) is 10.7 Å². The number of anilines is 1. The number of nitrogens with one attached hydrogen (secondary N) is 1. The number of hydrogen-bond donors (Lipinski definition) is 1. The SMILES string of the molecule is CC(=O)NCCC(=O)N1CCN(c2ccccc2Cl)CC1. The Hall–Kier alpha value is -1.75. The van der Waals surface area contributed by atoms with Crippen LogP contribution in [0.2, 0.25) is 5.02 Å². The van der Waals surface area contributed by atoms with Gasteiger partial charge in [0.25, 0.3) is 0 Å². The first-order valence-corrected chi connectivity index (χ1v) is 7.47. The minimum atomic E-state index is -0.105. The normalized spacial score (nSPS) is 15.0. The first-order valence-electron chi connectivity index (χ1n) is 7.09. The predicted octanol–water partition coefficient (Wildman–Crippen LogP) is 1.51. The Kier molecular flexibility index (Phi) is 5.44. The van der Waals surface area contributed by atoms with Gasteiger partial charge in [-0.1, -0.05) is 23.7 Å². The highest BCUT2D eigenvalue weighted by Gasteiger charge is 2.21. The Labute approximate surface area is 129 Å². The number of piperazine rings is 1. The van der Waals surface area contributed by atoms with E-state index >= 15 is 0 Å². The molecule has 21 heavy (non-hydrogen) atoms. The van der Waals surface area contributed by atoms with E-state index < -0.39 is 0 Å². The summed E-state index contributed by atoms with van der Waals surface area (Å²) in [5, 5.41) is 3.38. The number of para-hydroxylation sites is 1. The van der Waals surface area contributed by atoms with Crippen molar-refractivity contribution in [1.82, 2.24) is 10.2 Å². The Morgan fingerprint density at radius 1 is 1.19 bits per heavy atom. The van der Waals surface area contributed by atoms with Crippen molar-refractivity contribution in [2.45, 2.75) is 13.3 Å². The van der Waals surface area contributed by atoms with Gasteiger partial charge in [0.15, 0.2) is 0 Å². The van der Waals surface area contributed by atoms with Crippen molar-refractivity contribution < 1.29 is 9.59 Å². The molecule has 0 unspecified atom stereocenters. The van der Waals surface area contributed by atoms with E-state index in [0.29, 0.717) is 26.1 Å². The van der Waals surface area contributed by atoms with Crippen LogP contribution >= 0.6 is 11.6 Å². The summed E-state index contributed by atoms with van der Waals surface area (Å²) in [5.41, 5.74) is 1.02. The fraction of sp³-hybridized carbons (Fsp3) is 0.467. The minimum Gasteiger partial charge on any atom is -0.367 e. The summed E-state index contributed by atoms with van der Waals surface area (Å²) in [5.74, 6) is -0.0195. The van der Waals surface area contributed by atoms with E-state index in [1.54, 1.807) is 0 Å². The molecule has 1 fully saturated rings. The molecule has 1 aliphatic heterocycles. The van der Waals surface area contributed by atoms with Crippen LogP contribution in [0.5, 0.6) is 0 Å². The molecule has 0 aromatic heterocycles. The van der Waals surface area contributed by atoms with Gasteiger partial charge < -0.3 is 15.1 Å². The van der Waals surface area contributed by atoms with Crippen molar-refractivity contribution in [3.8, 4) is 0 Å². The molecule has 0 radical (unpaired) electrons. The van der Waals surface area contributed by atoms with Crippen LogP contribution in [0.4, 0.5) is 5.69 Å². The van der Waals surface area contributed by atoms with Crippen LogP contribution in [0, 0.1) is 0 Å². The fourth-order valence-corrected chi connectivity index (χ4v) is 2.66. The Balaban J connectivity index is 1.82. The van der Waals surface area contributed by atoms with Gasteiger partial charge >= 0.3 is 0 Å². The number of amides is 2. The van der Waals surface area contributed by atoms with Gasteiger partial charge in [-0.3, -0.25) is 9.59 Å². The molecule has 0 atom stereocenters. The summed E-state index contributed by atoms with van der Waals surface area (Å²) < 4.78 is 0. The van der Waals surface area contributed by atoms with Gasteiger partial charge in [-0.25, -0.2) is 0 Å². The number of nitrogens with zero attached hydrogens (tertiary/aromatic N) is 2. The summed E-state index contributed by atoms with van der Waals surface area (Å²) in [6.45, 7) is 4.77. The summed E-state index contributed by atoms with van der Waals surface area (Å²) >= 11 is 6.19. The zero-order valence-corrected chi connectivity index (χ0v) is 12.9. The van der Waals surface area contributed by atoms with E-state index in [1.807, 2.05) is 29.2 Å². The second-order valence-corrected chi connectivity index (χ2v) is 5.46. The summed E-state index contributed by atoms with van der Waals surface area (Å²) in [7, 11) is 0. The van der Waals surface area contributed by atoms with E-state index in [0.717, 1.165) is 23.8 Å². The highest BCUT2D eigenvalue weighted by molar-refractivity contribution is 6.33. The maximum absolute atomic E-state index is 12.0. The first kappa shape index (κ1) is 15.6. The van der Waals surface area contributed by atoms with Crippen molar-refractivity contribution in [2.75, 3.05) is 37.6 Å². The second kappa shape index (κ2) is 7.31. The van der Waals surface area contributed by atoms with E-state index in [1.165, 1.54) is 6.92 Å². The van der Waals surface area contributed by atoms with E-state index in [9.17, 15) is 9.59 Å². The monoisotopic (exact) mass is 309 g/mol. The summed E-state index contributed by atoms with van der Waals surface area (Å²) in [6, 6.07) is 7.75. The maximum Gasteiger partial charge on any atom is 0.224 e. The topological polar surface area (TPSA) is 52.7 Å². The van der Waals surface area contributed by atoms with E-state index in [4.69, 9.17) is 11.6 Å². The Bertz CT molecular complexity index is 513. The van der Waals surface area contributed by atoms with Gasteiger partial charge in [0, 0.05) is 46.1 Å². The molecule has 1 heterocycles. The molecule has 1 saturated heterocycles. The van der Waals surface area contributed by atoms with Gasteiger partial charge in [0.2, 0.25) is 11.8 Å². The molecule has 2 amide bonds. The van der Waals surface area contributed by atoms with Crippen LogP contribution in [-0.2, 0) is 9.59 Å².